The SMILES string of the molecule is COc1ccccc1CCNC(=O)[C@@H]1CS[C@]2(C)CCC(=O)N12. The Hall–Kier alpha value is -1.69. The van der Waals surface area contributed by atoms with E-state index in [2.05, 4.69) is 12.2 Å². The lowest BCUT2D eigenvalue weighted by molar-refractivity contribution is -0.137. The normalized spacial score (nSPS) is 26.3. The molecule has 6 heteroatoms. The van der Waals surface area contributed by atoms with E-state index in [0.29, 0.717) is 25.1 Å². The molecule has 0 saturated carbocycles. The lowest BCUT2D eigenvalue weighted by Crippen LogP contribution is -2.50. The Bertz CT molecular complexity index is 622. The molecule has 2 amide bonds. The standard InChI is InChI=1S/C17H22N2O3S/c1-17-9-7-15(20)19(17)13(11-23-17)16(21)18-10-8-12-5-3-4-6-14(12)22-2/h3-6,13H,7-11H2,1-2H3,(H,18,21)/t13-,17+/m0/s1. The Balaban J connectivity index is 1.57. The van der Waals surface area contributed by atoms with Crippen molar-refractivity contribution in [3.05, 3.63) is 29.8 Å². The second-order valence-electron chi connectivity index (χ2n) is 6.12. The van der Waals surface area contributed by atoms with E-state index in [1.165, 1.54) is 0 Å². The lowest BCUT2D eigenvalue weighted by Gasteiger charge is -2.29. The number of thioether (sulfide) groups is 1. The quantitative estimate of drug-likeness (QED) is 0.892. The first-order chi connectivity index (χ1) is 11.0. The number of nitrogens with one attached hydrogen (secondary N) is 1. The number of para-hydroxylation sites is 1. The van der Waals surface area contributed by atoms with Crippen LogP contribution in [0, 0.1) is 0 Å². The molecule has 124 valence electrons. The number of benzene rings is 1. The highest BCUT2D eigenvalue weighted by atomic mass is 32.2. The highest BCUT2D eigenvalue weighted by Crippen LogP contribution is 2.47. The van der Waals surface area contributed by atoms with E-state index in [1.807, 2.05) is 24.3 Å². The summed E-state index contributed by atoms with van der Waals surface area (Å²) in [7, 11) is 1.65. The molecule has 2 saturated heterocycles. The zero-order chi connectivity index (χ0) is 16.4. The minimum absolute atomic E-state index is 0.0497. The maximum atomic E-state index is 12.5. The van der Waals surface area contributed by atoms with Crippen LogP contribution in [0.15, 0.2) is 24.3 Å². The van der Waals surface area contributed by atoms with Crippen molar-refractivity contribution in [3.8, 4) is 5.75 Å². The molecule has 0 unspecified atom stereocenters. The van der Waals surface area contributed by atoms with Crippen LogP contribution in [-0.4, -0.2) is 47.0 Å². The fraction of sp³-hybridized carbons (Fsp3) is 0.529. The van der Waals surface area contributed by atoms with E-state index in [-0.39, 0.29) is 22.7 Å². The van der Waals surface area contributed by atoms with Gasteiger partial charge < -0.3 is 15.0 Å². The zero-order valence-electron chi connectivity index (χ0n) is 13.5. The van der Waals surface area contributed by atoms with E-state index in [1.54, 1.807) is 23.8 Å². The maximum Gasteiger partial charge on any atom is 0.243 e. The van der Waals surface area contributed by atoms with E-state index < -0.39 is 0 Å². The van der Waals surface area contributed by atoms with Crippen molar-refractivity contribution in [1.29, 1.82) is 0 Å². The van der Waals surface area contributed by atoms with Gasteiger partial charge in [0.15, 0.2) is 0 Å². The van der Waals surface area contributed by atoms with Crippen LogP contribution in [-0.2, 0) is 16.0 Å². The van der Waals surface area contributed by atoms with Gasteiger partial charge in [0.05, 0.1) is 12.0 Å². The number of methoxy groups -OCH3 is 1. The van der Waals surface area contributed by atoms with Crippen molar-refractivity contribution in [2.75, 3.05) is 19.4 Å². The van der Waals surface area contributed by atoms with Gasteiger partial charge in [0.2, 0.25) is 11.8 Å². The molecule has 0 aromatic heterocycles. The molecule has 2 fully saturated rings. The van der Waals surface area contributed by atoms with Crippen LogP contribution in [0.5, 0.6) is 5.75 Å². The Labute approximate surface area is 140 Å². The Kier molecular flexibility index (Phi) is 4.53. The predicted molar refractivity (Wildman–Crippen MR) is 90.4 cm³/mol. The molecule has 23 heavy (non-hydrogen) atoms. The van der Waals surface area contributed by atoms with Gasteiger partial charge in [-0.05, 0) is 31.4 Å². The van der Waals surface area contributed by atoms with Gasteiger partial charge in [0.25, 0.3) is 0 Å². The van der Waals surface area contributed by atoms with Gasteiger partial charge >= 0.3 is 0 Å². The summed E-state index contributed by atoms with van der Waals surface area (Å²) in [4.78, 5) is 26.1. The molecule has 2 aliphatic rings. The number of ether oxygens (including phenoxy) is 1. The number of hydrogen-bond acceptors (Lipinski definition) is 4. The Morgan fingerprint density at radius 1 is 1.48 bits per heavy atom. The molecule has 1 N–H and O–H groups in total. The molecule has 3 rings (SSSR count). The summed E-state index contributed by atoms with van der Waals surface area (Å²) in [5.74, 6) is 1.57. The first-order valence-corrected chi connectivity index (χ1v) is 8.89. The van der Waals surface area contributed by atoms with Gasteiger partial charge in [-0.2, -0.15) is 0 Å². The average molecular weight is 334 g/mol. The van der Waals surface area contributed by atoms with Crippen molar-refractivity contribution in [2.45, 2.75) is 37.1 Å². The van der Waals surface area contributed by atoms with Gasteiger partial charge in [0.1, 0.15) is 11.8 Å². The number of nitrogens with zero attached hydrogens (tertiary/aromatic N) is 1. The summed E-state index contributed by atoms with van der Waals surface area (Å²) in [6, 6.07) is 7.46. The third-order valence-electron chi connectivity index (χ3n) is 4.63. The summed E-state index contributed by atoms with van der Waals surface area (Å²) in [6.07, 6.45) is 2.09. The molecule has 1 aromatic rings. The smallest absolute Gasteiger partial charge is 0.243 e. The van der Waals surface area contributed by atoms with Gasteiger partial charge in [0, 0.05) is 18.7 Å². The highest BCUT2D eigenvalue weighted by Gasteiger charge is 2.52. The minimum Gasteiger partial charge on any atom is -0.496 e. The number of carbonyl (C=O) groups excluding carboxylic acids is 2. The number of hydrogen-bond donors (Lipinski definition) is 1. The monoisotopic (exact) mass is 334 g/mol. The predicted octanol–water partition coefficient (Wildman–Crippen LogP) is 1.81. The molecule has 0 aliphatic carbocycles. The van der Waals surface area contributed by atoms with E-state index in [9.17, 15) is 9.59 Å². The van der Waals surface area contributed by atoms with Crippen LogP contribution in [0.1, 0.15) is 25.3 Å². The molecule has 1 aromatic carbocycles. The summed E-state index contributed by atoms with van der Waals surface area (Å²) in [6.45, 7) is 2.60. The fourth-order valence-electron chi connectivity index (χ4n) is 3.36. The number of amides is 2. The fourth-order valence-corrected chi connectivity index (χ4v) is 4.79. The Morgan fingerprint density at radius 3 is 3.04 bits per heavy atom. The largest absolute Gasteiger partial charge is 0.496 e. The third kappa shape index (κ3) is 3.04. The van der Waals surface area contributed by atoms with Crippen LogP contribution in [0.25, 0.3) is 0 Å². The first kappa shape index (κ1) is 16.2. The highest BCUT2D eigenvalue weighted by molar-refractivity contribution is 8.01. The second-order valence-corrected chi connectivity index (χ2v) is 7.62. The van der Waals surface area contributed by atoms with Crippen molar-refractivity contribution in [1.82, 2.24) is 10.2 Å². The van der Waals surface area contributed by atoms with Gasteiger partial charge in [-0.3, -0.25) is 9.59 Å². The van der Waals surface area contributed by atoms with Crippen LogP contribution >= 0.6 is 11.8 Å². The van der Waals surface area contributed by atoms with E-state index in [4.69, 9.17) is 4.74 Å². The summed E-state index contributed by atoms with van der Waals surface area (Å²) >= 11 is 1.72. The topological polar surface area (TPSA) is 58.6 Å². The molecule has 2 heterocycles. The van der Waals surface area contributed by atoms with Crippen LogP contribution in [0.4, 0.5) is 0 Å². The molecular weight excluding hydrogens is 312 g/mol. The minimum atomic E-state index is -0.335. The number of rotatable bonds is 5. The van der Waals surface area contributed by atoms with E-state index in [0.717, 1.165) is 17.7 Å². The summed E-state index contributed by atoms with van der Waals surface area (Å²) in [5, 5.41) is 2.97. The molecule has 2 aliphatic heterocycles. The van der Waals surface area contributed by atoms with Crippen molar-refractivity contribution < 1.29 is 14.3 Å². The second kappa shape index (κ2) is 6.43. The number of fused-ring (bicyclic) bond motifs is 1. The number of carbonyl (C=O) groups is 2. The molecule has 0 bridgehead atoms. The van der Waals surface area contributed by atoms with Crippen LogP contribution in [0.3, 0.4) is 0 Å². The van der Waals surface area contributed by atoms with Gasteiger partial charge in [-0.15, -0.1) is 11.8 Å². The van der Waals surface area contributed by atoms with Crippen molar-refractivity contribution in [2.24, 2.45) is 0 Å². The van der Waals surface area contributed by atoms with Gasteiger partial charge in [-0.1, -0.05) is 18.2 Å². The van der Waals surface area contributed by atoms with Gasteiger partial charge in [-0.25, -0.2) is 0 Å². The zero-order valence-corrected chi connectivity index (χ0v) is 14.3. The molecular formula is C17H22N2O3S. The average Bonchev–Trinajstić information content (AvgIpc) is 3.04. The maximum absolute atomic E-state index is 12.5. The summed E-state index contributed by atoms with van der Waals surface area (Å²) in [5.41, 5.74) is 1.07. The molecule has 0 radical (unpaired) electrons. The third-order valence-corrected chi connectivity index (χ3v) is 6.14. The van der Waals surface area contributed by atoms with Crippen molar-refractivity contribution >= 4 is 23.6 Å². The Morgan fingerprint density at radius 2 is 2.26 bits per heavy atom. The first-order valence-electron chi connectivity index (χ1n) is 7.91. The van der Waals surface area contributed by atoms with Crippen LogP contribution in [0.2, 0.25) is 0 Å². The lowest BCUT2D eigenvalue weighted by atomic mass is 10.1. The van der Waals surface area contributed by atoms with Crippen LogP contribution < -0.4 is 10.1 Å². The summed E-state index contributed by atoms with van der Waals surface area (Å²) < 4.78 is 5.32. The van der Waals surface area contributed by atoms with E-state index >= 15 is 0 Å². The molecule has 5 nitrogen and oxygen atoms in total. The molecule has 0 spiro atoms. The molecule has 2 atom stereocenters. The van der Waals surface area contributed by atoms with Crippen molar-refractivity contribution in [3.63, 3.8) is 0 Å².